The summed E-state index contributed by atoms with van der Waals surface area (Å²) >= 11 is 12.1. The van der Waals surface area contributed by atoms with Crippen molar-refractivity contribution in [3.63, 3.8) is 0 Å². The number of hydrogen-bond acceptors (Lipinski definition) is 3. The third-order valence-corrected chi connectivity index (χ3v) is 5.25. The first-order valence-electron chi connectivity index (χ1n) is 8.91. The van der Waals surface area contributed by atoms with Crippen LogP contribution in [0.15, 0.2) is 60.9 Å². The van der Waals surface area contributed by atoms with Gasteiger partial charge in [0.1, 0.15) is 12.7 Å². The molecule has 0 aliphatic rings. The molecule has 3 nitrogen and oxygen atoms in total. The van der Waals surface area contributed by atoms with Gasteiger partial charge in [0, 0.05) is 17.8 Å². The van der Waals surface area contributed by atoms with E-state index in [0.717, 1.165) is 22.3 Å². The predicted molar refractivity (Wildman–Crippen MR) is 114 cm³/mol. The number of pyridine rings is 1. The molecule has 3 rings (SSSR count). The molecule has 142 valence electrons. The fourth-order valence-electron chi connectivity index (χ4n) is 3.10. The summed E-state index contributed by atoms with van der Waals surface area (Å²) in [6, 6.07) is 18.2. The van der Waals surface area contributed by atoms with E-state index in [1.54, 1.807) is 6.20 Å². The Bertz CT molecular complexity index is 994. The second kappa shape index (κ2) is 8.65. The van der Waals surface area contributed by atoms with Crippen molar-refractivity contribution in [2.75, 3.05) is 12.5 Å². The van der Waals surface area contributed by atoms with Gasteiger partial charge < -0.3 is 4.74 Å². The lowest BCUT2D eigenvalue weighted by atomic mass is 9.77. The molecule has 0 spiro atoms. The van der Waals surface area contributed by atoms with E-state index in [1.807, 2.05) is 30.5 Å². The summed E-state index contributed by atoms with van der Waals surface area (Å²) in [5, 5.41) is 9.95. The Balaban J connectivity index is 1.96. The van der Waals surface area contributed by atoms with E-state index < -0.39 is 0 Å². The Morgan fingerprint density at radius 3 is 2.43 bits per heavy atom. The summed E-state index contributed by atoms with van der Waals surface area (Å²) in [7, 11) is 0. The molecule has 0 fully saturated rings. The lowest BCUT2D eigenvalue weighted by Gasteiger charge is -2.27. The molecule has 0 unspecified atom stereocenters. The molecule has 2 aromatic carbocycles. The fraction of sp³-hybridized carbons (Fsp3) is 0.217. The molecule has 0 bridgehead atoms. The average molecular weight is 411 g/mol. The summed E-state index contributed by atoms with van der Waals surface area (Å²) < 4.78 is 5.55. The van der Waals surface area contributed by atoms with Gasteiger partial charge in [0.15, 0.2) is 5.75 Å². The molecule has 0 amide bonds. The van der Waals surface area contributed by atoms with Gasteiger partial charge in [-0.15, -0.1) is 11.6 Å². The molecular formula is C23H20Cl2N2O. The van der Waals surface area contributed by atoms with Crippen molar-refractivity contribution in [2.45, 2.75) is 19.3 Å². The largest absolute Gasteiger partial charge is 0.489 e. The average Bonchev–Trinajstić information content (AvgIpc) is 2.73. The van der Waals surface area contributed by atoms with E-state index >= 15 is 0 Å². The Kier molecular flexibility index (Phi) is 6.24. The van der Waals surface area contributed by atoms with Crippen LogP contribution in [0.5, 0.6) is 5.75 Å². The molecule has 0 atom stereocenters. The number of hydrogen-bond donors (Lipinski definition) is 0. The number of ether oxygens (including phenoxy) is 1. The summed E-state index contributed by atoms with van der Waals surface area (Å²) in [5.74, 6) is 0.717. The van der Waals surface area contributed by atoms with Crippen molar-refractivity contribution in [3.05, 3.63) is 82.6 Å². The lowest BCUT2D eigenvalue weighted by molar-refractivity contribution is 0.341. The second-order valence-electron chi connectivity index (χ2n) is 6.93. The number of nitriles is 1. The van der Waals surface area contributed by atoms with Crippen LogP contribution in [0.1, 0.15) is 30.5 Å². The van der Waals surface area contributed by atoms with Crippen LogP contribution in [0, 0.1) is 11.3 Å². The standard InChI is InChI=1S/C23H20Cl2N2O/c1-23(2,19-7-5-16(6-8-19)17-4-3-10-27-15-17)20-12-18(14-26)22(21(25)13-20)28-11-9-24/h3-8,10,12-13,15H,9,11H2,1-2H3. The van der Waals surface area contributed by atoms with Gasteiger partial charge in [-0.3, -0.25) is 4.98 Å². The van der Waals surface area contributed by atoms with Crippen LogP contribution < -0.4 is 4.74 Å². The molecule has 0 saturated heterocycles. The van der Waals surface area contributed by atoms with Gasteiger partial charge in [0.05, 0.1) is 16.5 Å². The van der Waals surface area contributed by atoms with Gasteiger partial charge in [-0.05, 0) is 40.5 Å². The minimum Gasteiger partial charge on any atom is -0.489 e. The van der Waals surface area contributed by atoms with Crippen LogP contribution in [0.2, 0.25) is 5.02 Å². The van der Waals surface area contributed by atoms with Crippen molar-refractivity contribution in [2.24, 2.45) is 0 Å². The zero-order valence-corrected chi connectivity index (χ0v) is 17.3. The van der Waals surface area contributed by atoms with Gasteiger partial charge in [0.2, 0.25) is 0 Å². The van der Waals surface area contributed by atoms with Crippen molar-refractivity contribution in [3.8, 4) is 22.9 Å². The highest BCUT2D eigenvalue weighted by atomic mass is 35.5. The molecule has 28 heavy (non-hydrogen) atoms. The number of halogens is 2. The van der Waals surface area contributed by atoms with Gasteiger partial charge in [-0.25, -0.2) is 0 Å². The summed E-state index contributed by atoms with van der Waals surface area (Å²) in [6.45, 7) is 4.52. The number of nitrogens with zero attached hydrogens (tertiary/aromatic N) is 2. The van der Waals surface area contributed by atoms with E-state index in [4.69, 9.17) is 27.9 Å². The van der Waals surface area contributed by atoms with Crippen molar-refractivity contribution in [1.29, 1.82) is 5.26 Å². The predicted octanol–water partition coefficient (Wildman–Crippen LogP) is 6.22. The van der Waals surface area contributed by atoms with Crippen molar-refractivity contribution >= 4 is 23.2 Å². The molecule has 0 radical (unpaired) electrons. The van der Waals surface area contributed by atoms with Crippen molar-refractivity contribution in [1.82, 2.24) is 4.98 Å². The quantitative estimate of drug-likeness (QED) is 0.453. The second-order valence-corrected chi connectivity index (χ2v) is 7.71. The fourth-order valence-corrected chi connectivity index (χ4v) is 3.46. The highest BCUT2D eigenvalue weighted by molar-refractivity contribution is 6.32. The minimum absolute atomic E-state index is 0.300. The summed E-state index contributed by atoms with van der Waals surface area (Å²) in [5.41, 5.74) is 4.31. The molecule has 5 heteroatoms. The monoisotopic (exact) mass is 410 g/mol. The van der Waals surface area contributed by atoms with E-state index in [9.17, 15) is 5.26 Å². The number of rotatable bonds is 6. The Morgan fingerprint density at radius 1 is 1.07 bits per heavy atom. The molecule has 0 aliphatic heterocycles. The minimum atomic E-state index is -0.340. The zero-order valence-electron chi connectivity index (χ0n) is 15.7. The first kappa shape index (κ1) is 20.2. The first-order valence-corrected chi connectivity index (χ1v) is 9.82. The van der Waals surface area contributed by atoms with Gasteiger partial charge >= 0.3 is 0 Å². The van der Waals surface area contributed by atoms with E-state index in [2.05, 4.69) is 49.2 Å². The normalized spacial score (nSPS) is 11.1. The maximum Gasteiger partial charge on any atom is 0.155 e. The Labute approximate surface area is 175 Å². The summed E-state index contributed by atoms with van der Waals surface area (Å²) in [4.78, 5) is 4.17. The topological polar surface area (TPSA) is 45.9 Å². The highest BCUT2D eigenvalue weighted by Gasteiger charge is 2.26. The Hall–Kier alpha value is -2.54. The van der Waals surface area contributed by atoms with Gasteiger partial charge in [0.25, 0.3) is 0 Å². The first-order chi connectivity index (χ1) is 13.5. The van der Waals surface area contributed by atoms with E-state index in [1.165, 1.54) is 0 Å². The molecular weight excluding hydrogens is 391 g/mol. The molecule has 1 aromatic heterocycles. The molecule has 0 N–H and O–H groups in total. The molecule has 1 heterocycles. The van der Waals surface area contributed by atoms with Crippen LogP contribution in [-0.4, -0.2) is 17.5 Å². The van der Waals surface area contributed by atoms with Crippen LogP contribution >= 0.6 is 23.2 Å². The van der Waals surface area contributed by atoms with Crippen LogP contribution in [-0.2, 0) is 5.41 Å². The van der Waals surface area contributed by atoms with E-state index in [0.29, 0.717) is 28.8 Å². The number of benzene rings is 2. The summed E-state index contributed by atoms with van der Waals surface area (Å²) in [6.07, 6.45) is 3.61. The smallest absolute Gasteiger partial charge is 0.155 e. The lowest BCUT2D eigenvalue weighted by Crippen LogP contribution is -2.19. The SMILES string of the molecule is CC(C)(c1ccc(-c2cccnc2)cc1)c1cc(Cl)c(OCCCl)c(C#N)c1. The number of aromatic nitrogens is 1. The maximum absolute atomic E-state index is 9.54. The van der Waals surface area contributed by atoms with Crippen LogP contribution in [0.3, 0.4) is 0 Å². The van der Waals surface area contributed by atoms with Gasteiger partial charge in [-0.1, -0.05) is 55.8 Å². The number of alkyl halides is 1. The van der Waals surface area contributed by atoms with Crippen LogP contribution in [0.25, 0.3) is 11.1 Å². The van der Waals surface area contributed by atoms with Crippen LogP contribution in [0.4, 0.5) is 0 Å². The molecule has 0 saturated carbocycles. The third kappa shape index (κ3) is 4.14. The Morgan fingerprint density at radius 2 is 1.82 bits per heavy atom. The maximum atomic E-state index is 9.54. The van der Waals surface area contributed by atoms with Crippen molar-refractivity contribution < 1.29 is 4.74 Å². The molecule has 0 aliphatic carbocycles. The van der Waals surface area contributed by atoms with Gasteiger partial charge in [-0.2, -0.15) is 5.26 Å². The highest BCUT2D eigenvalue weighted by Crippen LogP contribution is 2.38. The zero-order chi connectivity index (χ0) is 20.1. The third-order valence-electron chi connectivity index (χ3n) is 4.81. The molecule has 3 aromatic rings. The van der Waals surface area contributed by atoms with E-state index in [-0.39, 0.29) is 5.41 Å².